The molecule has 2 N–H and O–H groups in total. The Balaban J connectivity index is 1.88. The van der Waals surface area contributed by atoms with E-state index in [9.17, 15) is 0 Å². The Bertz CT molecular complexity index is 458. The summed E-state index contributed by atoms with van der Waals surface area (Å²) < 4.78 is 0. The van der Waals surface area contributed by atoms with Crippen LogP contribution in [0.5, 0.6) is 0 Å². The van der Waals surface area contributed by atoms with E-state index in [1.165, 1.54) is 12.8 Å². The molecule has 0 radical (unpaired) electrons. The largest absolute Gasteiger partial charge is 0.362 e. The highest BCUT2D eigenvalue weighted by Gasteiger charge is 2.17. The van der Waals surface area contributed by atoms with Crippen molar-refractivity contribution in [2.75, 3.05) is 29.9 Å². The summed E-state index contributed by atoms with van der Waals surface area (Å²) in [5, 5.41) is 7.03. The van der Waals surface area contributed by atoms with Crippen LogP contribution in [0.15, 0.2) is 18.3 Å². The SMILES string of the molecule is CC(C)CNC(=S)Nc1ccc(N2CCC[C@H](C)C2)nc1. The number of rotatable bonds is 4. The molecule has 0 aromatic carbocycles. The molecule has 0 unspecified atom stereocenters. The molecule has 0 bridgehead atoms. The quantitative estimate of drug-likeness (QED) is 0.836. The number of aromatic nitrogens is 1. The number of thiocarbonyl (C=S) groups is 1. The van der Waals surface area contributed by atoms with Gasteiger partial charge in [0.05, 0.1) is 11.9 Å². The third-order valence-corrected chi connectivity index (χ3v) is 3.90. The van der Waals surface area contributed by atoms with E-state index in [0.29, 0.717) is 11.0 Å². The maximum Gasteiger partial charge on any atom is 0.170 e. The first-order valence-corrected chi connectivity index (χ1v) is 8.21. The predicted molar refractivity (Wildman–Crippen MR) is 93.9 cm³/mol. The molecule has 1 fully saturated rings. The van der Waals surface area contributed by atoms with E-state index in [4.69, 9.17) is 12.2 Å². The summed E-state index contributed by atoms with van der Waals surface area (Å²) >= 11 is 5.27. The van der Waals surface area contributed by atoms with Gasteiger partial charge in [-0.25, -0.2) is 4.98 Å². The van der Waals surface area contributed by atoms with Crippen LogP contribution in [0.3, 0.4) is 0 Å². The van der Waals surface area contributed by atoms with E-state index < -0.39 is 0 Å². The standard InChI is InChI=1S/C16H26N4S/c1-12(2)9-18-16(21)19-14-6-7-15(17-10-14)20-8-4-5-13(3)11-20/h6-7,10,12-13H,4-5,8-9,11H2,1-3H3,(H2,18,19,21)/t13-/m0/s1. The van der Waals surface area contributed by atoms with Gasteiger partial charge >= 0.3 is 0 Å². The molecular weight excluding hydrogens is 280 g/mol. The van der Waals surface area contributed by atoms with Gasteiger partial charge in [-0.05, 0) is 49.0 Å². The van der Waals surface area contributed by atoms with Crippen molar-refractivity contribution in [3.63, 3.8) is 0 Å². The Labute approximate surface area is 133 Å². The van der Waals surface area contributed by atoms with Crippen molar-refractivity contribution < 1.29 is 0 Å². The first kappa shape index (κ1) is 16.0. The molecule has 116 valence electrons. The van der Waals surface area contributed by atoms with Crippen molar-refractivity contribution >= 4 is 28.8 Å². The van der Waals surface area contributed by atoms with Crippen molar-refractivity contribution in [1.29, 1.82) is 0 Å². The molecule has 1 aromatic heterocycles. The zero-order chi connectivity index (χ0) is 15.2. The number of hydrogen-bond acceptors (Lipinski definition) is 3. The van der Waals surface area contributed by atoms with Crippen LogP contribution in [0, 0.1) is 11.8 Å². The Kier molecular flexibility index (Phi) is 5.79. The van der Waals surface area contributed by atoms with Gasteiger partial charge in [0.1, 0.15) is 5.82 Å². The molecule has 1 aromatic rings. The molecule has 1 saturated heterocycles. The van der Waals surface area contributed by atoms with E-state index in [-0.39, 0.29) is 0 Å². The average Bonchev–Trinajstić information content (AvgIpc) is 2.46. The minimum atomic E-state index is 0.575. The van der Waals surface area contributed by atoms with Gasteiger partial charge in [0.2, 0.25) is 0 Å². The summed E-state index contributed by atoms with van der Waals surface area (Å²) in [6.45, 7) is 9.72. The van der Waals surface area contributed by atoms with Gasteiger partial charge in [0.25, 0.3) is 0 Å². The predicted octanol–water partition coefficient (Wildman–Crippen LogP) is 3.26. The van der Waals surface area contributed by atoms with Crippen LogP contribution in [0.1, 0.15) is 33.6 Å². The average molecular weight is 306 g/mol. The van der Waals surface area contributed by atoms with Crippen LogP contribution in [0.25, 0.3) is 0 Å². The molecule has 5 heteroatoms. The lowest BCUT2D eigenvalue weighted by Gasteiger charge is -2.31. The summed E-state index contributed by atoms with van der Waals surface area (Å²) in [6, 6.07) is 4.12. The van der Waals surface area contributed by atoms with Crippen molar-refractivity contribution in [1.82, 2.24) is 10.3 Å². The molecule has 1 aliphatic rings. The lowest BCUT2D eigenvalue weighted by molar-refractivity contribution is 0.444. The molecule has 2 heterocycles. The van der Waals surface area contributed by atoms with Crippen LogP contribution >= 0.6 is 12.2 Å². The minimum absolute atomic E-state index is 0.575. The highest BCUT2D eigenvalue weighted by molar-refractivity contribution is 7.80. The second-order valence-corrected chi connectivity index (χ2v) is 6.74. The van der Waals surface area contributed by atoms with Crippen molar-refractivity contribution in [2.45, 2.75) is 33.6 Å². The van der Waals surface area contributed by atoms with E-state index in [0.717, 1.165) is 37.1 Å². The van der Waals surface area contributed by atoms with Gasteiger partial charge in [-0.1, -0.05) is 20.8 Å². The Morgan fingerprint density at radius 1 is 1.48 bits per heavy atom. The topological polar surface area (TPSA) is 40.2 Å². The Morgan fingerprint density at radius 3 is 2.90 bits per heavy atom. The molecule has 1 atom stereocenters. The lowest BCUT2D eigenvalue weighted by Crippen LogP contribution is -2.34. The van der Waals surface area contributed by atoms with E-state index in [1.54, 1.807) is 0 Å². The number of hydrogen-bond donors (Lipinski definition) is 2. The number of nitrogens with zero attached hydrogens (tertiary/aromatic N) is 2. The fourth-order valence-corrected chi connectivity index (χ4v) is 2.72. The normalized spacial score (nSPS) is 18.7. The summed E-state index contributed by atoms with van der Waals surface area (Å²) in [5.74, 6) is 2.39. The maximum absolute atomic E-state index is 5.27. The fourth-order valence-electron chi connectivity index (χ4n) is 2.52. The zero-order valence-corrected chi connectivity index (χ0v) is 14.0. The van der Waals surface area contributed by atoms with Gasteiger partial charge in [0.15, 0.2) is 5.11 Å². The van der Waals surface area contributed by atoms with Gasteiger partial charge in [-0.2, -0.15) is 0 Å². The fraction of sp³-hybridized carbons (Fsp3) is 0.625. The highest BCUT2D eigenvalue weighted by atomic mass is 32.1. The molecule has 0 amide bonds. The molecule has 0 saturated carbocycles. The first-order valence-electron chi connectivity index (χ1n) is 7.80. The first-order chi connectivity index (χ1) is 10.0. The molecule has 4 nitrogen and oxygen atoms in total. The molecule has 1 aliphatic heterocycles. The van der Waals surface area contributed by atoms with Gasteiger partial charge in [-0.3, -0.25) is 0 Å². The van der Waals surface area contributed by atoms with E-state index in [1.807, 2.05) is 12.3 Å². The smallest absolute Gasteiger partial charge is 0.170 e. The molecule has 0 aliphatic carbocycles. The lowest BCUT2D eigenvalue weighted by atomic mass is 10.0. The third kappa shape index (κ3) is 5.16. The van der Waals surface area contributed by atoms with Gasteiger partial charge < -0.3 is 15.5 Å². The van der Waals surface area contributed by atoms with Crippen LogP contribution in [-0.4, -0.2) is 29.7 Å². The number of nitrogens with one attached hydrogen (secondary N) is 2. The summed E-state index contributed by atoms with van der Waals surface area (Å²) in [5.41, 5.74) is 0.935. The Morgan fingerprint density at radius 2 is 2.29 bits per heavy atom. The van der Waals surface area contributed by atoms with E-state index >= 15 is 0 Å². The number of anilines is 2. The Hall–Kier alpha value is -1.36. The van der Waals surface area contributed by atoms with Crippen LogP contribution in [0.4, 0.5) is 11.5 Å². The third-order valence-electron chi connectivity index (χ3n) is 3.66. The highest BCUT2D eigenvalue weighted by Crippen LogP contribution is 2.21. The van der Waals surface area contributed by atoms with Crippen molar-refractivity contribution in [2.24, 2.45) is 11.8 Å². The second kappa shape index (κ2) is 7.59. The number of piperidine rings is 1. The second-order valence-electron chi connectivity index (χ2n) is 6.33. The summed E-state index contributed by atoms with van der Waals surface area (Å²) in [7, 11) is 0. The van der Waals surface area contributed by atoms with Crippen LogP contribution in [0.2, 0.25) is 0 Å². The van der Waals surface area contributed by atoms with Crippen molar-refractivity contribution in [3.05, 3.63) is 18.3 Å². The monoisotopic (exact) mass is 306 g/mol. The van der Waals surface area contributed by atoms with Crippen LogP contribution in [-0.2, 0) is 0 Å². The summed E-state index contributed by atoms with van der Waals surface area (Å²) in [6.07, 6.45) is 4.44. The number of pyridine rings is 1. The minimum Gasteiger partial charge on any atom is -0.362 e. The molecule has 0 spiro atoms. The molecular formula is C16H26N4S. The van der Waals surface area contributed by atoms with Crippen LogP contribution < -0.4 is 15.5 Å². The summed E-state index contributed by atoms with van der Waals surface area (Å²) in [4.78, 5) is 6.93. The van der Waals surface area contributed by atoms with Crippen molar-refractivity contribution in [3.8, 4) is 0 Å². The van der Waals surface area contributed by atoms with E-state index in [2.05, 4.69) is 47.4 Å². The molecule has 21 heavy (non-hydrogen) atoms. The maximum atomic E-state index is 5.27. The molecule has 2 rings (SSSR count). The zero-order valence-electron chi connectivity index (χ0n) is 13.2. The van der Waals surface area contributed by atoms with Gasteiger partial charge in [-0.15, -0.1) is 0 Å². The van der Waals surface area contributed by atoms with Gasteiger partial charge in [0, 0.05) is 19.6 Å².